The van der Waals surface area contributed by atoms with Gasteiger partial charge in [0.1, 0.15) is 5.82 Å². The van der Waals surface area contributed by atoms with Crippen LogP contribution in [0.4, 0.5) is 17.6 Å². The zero-order chi connectivity index (χ0) is 11.5. The first-order valence-electron chi connectivity index (χ1n) is 3.97. The first-order valence-corrected chi connectivity index (χ1v) is 3.97. The molecule has 0 aliphatic rings. The van der Waals surface area contributed by atoms with Crippen molar-refractivity contribution in [3.05, 3.63) is 35.6 Å². The second-order valence-corrected chi connectivity index (χ2v) is 2.81. The molecule has 0 bridgehead atoms. The zero-order valence-corrected chi connectivity index (χ0v) is 7.38. The Bertz CT molecular complexity index is 333. The van der Waals surface area contributed by atoms with Gasteiger partial charge in [-0.15, -0.1) is 0 Å². The summed E-state index contributed by atoms with van der Waals surface area (Å²) in [4.78, 5) is 10.0. The Morgan fingerprint density at radius 3 is 2.13 bits per heavy atom. The van der Waals surface area contributed by atoms with Crippen LogP contribution in [-0.2, 0) is 4.79 Å². The van der Waals surface area contributed by atoms with Gasteiger partial charge >= 0.3 is 6.18 Å². The fraction of sp³-hybridized carbons (Fsp3) is 0.222. The topological polar surface area (TPSA) is 29.1 Å². The largest absolute Gasteiger partial charge is 0.412 e. The standard InChI is InChI=1S/C9H7F4NO/c10-7-3-1-6(2-4-7)8(14-5-15)9(11,12)13/h1-5,8H,(H,14,15). The van der Waals surface area contributed by atoms with E-state index in [2.05, 4.69) is 0 Å². The number of amides is 1. The summed E-state index contributed by atoms with van der Waals surface area (Å²) in [5, 5.41) is 1.63. The number of halogens is 4. The van der Waals surface area contributed by atoms with E-state index in [0.29, 0.717) is 0 Å². The molecular weight excluding hydrogens is 214 g/mol. The summed E-state index contributed by atoms with van der Waals surface area (Å²) in [7, 11) is 0. The molecule has 15 heavy (non-hydrogen) atoms. The molecular formula is C9H7F4NO. The SMILES string of the molecule is O=CNC(c1ccc(F)cc1)C(F)(F)F. The molecule has 1 amide bonds. The van der Waals surface area contributed by atoms with Crippen LogP contribution >= 0.6 is 0 Å². The molecule has 0 saturated heterocycles. The molecule has 0 aromatic heterocycles. The number of rotatable bonds is 3. The summed E-state index contributed by atoms with van der Waals surface area (Å²) < 4.78 is 49.6. The Morgan fingerprint density at radius 2 is 1.73 bits per heavy atom. The molecule has 0 aliphatic heterocycles. The second-order valence-electron chi connectivity index (χ2n) is 2.81. The second kappa shape index (κ2) is 4.29. The molecule has 0 saturated carbocycles. The van der Waals surface area contributed by atoms with Gasteiger partial charge in [0, 0.05) is 0 Å². The van der Waals surface area contributed by atoms with Gasteiger partial charge in [0.2, 0.25) is 6.41 Å². The molecule has 0 fully saturated rings. The lowest BCUT2D eigenvalue weighted by Gasteiger charge is -2.19. The smallest absolute Gasteiger partial charge is 0.343 e. The van der Waals surface area contributed by atoms with E-state index in [-0.39, 0.29) is 12.0 Å². The average molecular weight is 221 g/mol. The van der Waals surface area contributed by atoms with Crippen LogP contribution < -0.4 is 5.32 Å². The van der Waals surface area contributed by atoms with Crippen molar-refractivity contribution in [3.8, 4) is 0 Å². The van der Waals surface area contributed by atoms with Gasteiger partial charge in [0.25, 0.3) is 0 Å². The van der Waals surface area contributed by atoms with Crippen LogP contribution in [0.25, 0.3) is 0 Å². The Kier molecular flexibility index (Phi) is 3.28. The molecule has 1 rings (SSSR count). The van der Waals surface area contributed by atoms with Crippen molar-refractivity contribution in [3.63, 3.8) is 0 Å². The number of hydrogen-bond acceptors (Lipinski definition) is 1. The predicted octanol–water partition coefficient (Wildman–Crippen LogP) is 2.18. The van der Waals surface area contributed by atoms with E-state index in [9.17, 15) is 22.4 Å². The van der Waals surface area contributed by atoms with Gasteiger partial charge in [-0.3, -0.25) is 4.79 Å². The minimum Gasteiger partial charge on any atom is -0.343 e. The third kappa shape index (κ3) is 2.93. The van der Waals surface area contributed by atoms with Gasteiger partial charge in [-0.25, -0.2) is 4.39 Å². The highest BCUT2D eigenvalue weighted by Crippen LogP contribution is 2.32. The van der Waals surface area contributed by atoms with Crippen molar-refractivity contribution in [2.45, 2.75) is 12.2 Å². The van der Waals surface area contributed by atoms with E-state index >= 15 is 0 Å². The summed E-state index contributed by atoms with van der Waals surface area (Å²) >= 11 is 0. The molecule has 2 nitrogen and oxygen atoms in total. The van der Waals surface area contributed by atoms with Crippen LogP contribution in [0.2, 0.25) is 0 Å². The Morgan fingerprint density at radius 1 is 1.20 bits per heavy atom. The highest BCUT2D eigenvalue weighted by atomic mass is 19.4. The minimum absolute atomic E-state index is 0.0402. The fourth-order valence-electron chi connectivity index (χ4n) is 1.10. The van der Waals surface area contributed by atoms with Crippen LogP contribution in [0.3, 0.4) is 0 Å². The zero-order valence-electron chi connectivity index (χ0n) is 7.38. The molecule has 1 atom stereocenters. The third-order valence-corrected chi connectivity index (χ3v) is 1.77. The van der Waals surface area contributed by atoms with Crippen LogP contribution in [0.15, 0.2) is 24.3 Å². The maximum absolute atomic E-state index is 12.5. The van der Waals surface area contributed by atoms with Crippen molar-refractivity contribution < 1.29 is 22.4 Å². The summed E-state index contributed by atoms with van der Waals surface area (Å²) in [6, 6.07) is 1.66. The molecule has 6 heteroatoms. The lowest BCUT2D eigenvalue weighted by Crippen LogP contribution is -2.33. The normalized spacial score (nSPS) is 13.3. The Balaban J connectivity index is 2.99. The average Bonchev–Trinajstić information content (AvgIpc) is 2.14. The molecule has 1 aromatic rings. The number of carbonyl (C=O) groups is 1. The highest BCUT2D eigenvalue weighted by molar-refractivity contribution is 5.48. The van der Waals surface area contributed by atoms with E-state index in [4.69, 9.17) is 0 Å². The molecule has 82 valence electrons. The van der Waals surface area contributed by atoms with E-state index in [0.717, 1.165) is 24.3 Å². The van der Waals surface area contributed by atoms with Gasteiger partial charge in [0.15, 0.2) is 6.04 Å². The molecule has 0 aliphatic carbocycles. The first-order chi connectivity index (χ1) is 6.95. The van der Waals surface area contributed by atoms with Gasteiger partial charge in [0.05, 0.1) is 0 Å². The third-order valence-electron chi connectivity index (χ3n) is 1.77. The first kappa shape index (κ1) is 11.5. The number of carbonyl (C=O) groups excluding carboxylic acids is 1. The van der Waals surface area contributed by atoms with Gasteiger partial charge < -0.3 is 5.32 Å². The molecule has 1 aromatic carbocycles. The Hall–Kier alpha value is -1.59. The summed E-state index contributed by atoms with van der Waals surface area (Å²) in [6.07, 6.45) is -4.64. The van der Waals surface area contributed by atoms with E-state index in [1.54, 1.807) is 5.32 Å². The lowest BCUT2D eigenvalue weighted by molar-refractivity contribution is -0.160. The van der Waals surface area contributed by atoms with Crippen molar-refractivity contribution in [2.24, 2.45) is 0 Å². The number of hydrogen-bond donors (Lipinski definition) is 1. The van der Waals surface area contributed by atoms with E-state index in [1.807, 2.05) is 0 Å². The van der Waals surface area contributed by atoms with Crippen LogP contribution in [0.5, 0.6) is 0 Å². The quantitative estimate of drug-likeness (QED) is 0.615. The molecule has 1 N–H and O–H groups in total. The fourth-order valence-corrected chi connectivity index (χ4v) is 1.10. The van der Waals surface area contributed by atoms with Crippen molar-refractivity contribution in [1.29, 1.82) is 0 Å². The predicted molar refractivity (Wildman–Crippen MR) is 44.4 cm³/mol. The lowest BCUT2D eigenvalue weighted by atomic mass is 10.1. The number of benzene rings is 1. The van der Waals surface area contributed by atoms with Crippen molar-refractivity contribution in [2.75, 3.05) is 0 Å². The van der Waals surface area contributed by atoms with Crippen LogP contribution in [0, 0.1) is 5.82 Å². The maximum Gasteiger partial charge on any atom is 0.412 e. The van der Waals surface area contributed by atoms with Crippen molar-refractivity contribution >= 4 is 6.41 Å². The minimum atomic E-state index is -4.60. The molecule has 0 spiro atoms. The molecule has 1 unspecified atom stereocenters. The summed E-state index contributed by atoms with van der Waals surface area (Å²) in [5.74, 6) is -0.634. The van der Waals surface area contributed by atoms with Gasteiger partial charge in [-0.1, -0.05) is 12.1 Å². The van der Waals surface area contributed by atoms with Gasteiger partial charge in [-0.2, -0.15) is 13.2 Å². The highest BCUT2D eigenvalue weighted by Gasteiger charge is 2.40. The molecule has 0 radical (unpaired) electrons. The summed E-state index contributed by atoms with van der Waals surface area (Å²) in [6.45, 7) is 0. The maximum atomic E-state index is 12.5. The molecule has 0 heterocycles. The Labute approximate surface area is 82.9 Å². The van der Waals surface area contributed by atoms with Crippen molar-refractivity contribution in [1.82, 2.24) is 5.32 Å². The van der Waals surface area contributed by atoms with E-state index in [1.165, 1.54) is 0 Å². The van der Waals surface area contributed by atoms with Gasteiger partial charge in [-0.05, 0) is 17.7 Å². The van der Waals surface area contributed by atoms with Crippen LogP contribution in [0.1, 0.15) is 11.6 Å². The summed E-state index contributed by atoms with van der Waals surface area (Å²) in [5.41, 5.74) is -0.212. The number of alkyl halides is 3. The number of nitrogens with one attached hydrogen (secondary N) is 1. The monoisotopic (exact) mass is 221 g/mol. The van der Waals surface area contributed by atoms with E-state index < -0.39 is 18.0 Å². The van der Waals surface area contributed by atoms with Crippen LogP contribution in [-0.4, -0.2) is 12.6 Å².